The van der Waals surface area contributed by atoms with Crippen molar-refractivity contribution in [1.29, 1.82) is 0 Å². The highest BCUT2D eigenvalue weighted by atomic mass is 29.3. The van der Waals surface area contributed by atoms with E-state index in [4.69, 9.17) is 4.43 Å². The van der Waals surface area contributed by atoms with Crippen molar-refractivity contribution in [3.63, 3.8) is 0 Å². The highest BCUT2D eigenvalue weighted by Crippen LogP contribution is 2.25. The molecule has 0 aromatic rings. The predicted octanol–water partition coefficient (Wildman–Crippen LogP) is 7.32. The molecule has 0 saturated heterocycles. The van der Waals surface area contributed by atoms with Gasteiger partial charge in [-0.05, 0) is 25.9 Å². The molecule has 0 saturated carbocycles. The average Bonchev–Trinajstić information content (AvgIpc) is 2.42. The zero-order valence-electron chi connectivity index (χ0n) is 16.8. The Morgan fingerprint density at radius 2 is 1.09 bits per heavy atom. The summed E-state index contributed by atoms with van der Waals surface area (Å²) in [6.07, 6.45) is 15.6. The van der Waals surface area contributed by atoms with Gasteiger partial charge < -0.3 is 4.43 Å². The van der Waals surface area contributed by atoms with Crippen molar-refractivity contribution in [2.75, 3.05) is 0 Å². The Morgan fingerprint density at radius 1 is 0.636 bits per heavy atom. The van der Waals surface area contributed by atoms with Gasteiger partial charge in [-0.3, -0.25) is 0 Å². The van der Waals surface area contributed by atoms with E-state index in [1.54, 1.807) is 0 Å². The Morgan fingerprint density at radius 3 is 1.59 bits per heavy atom. The Kier molecular flexibility index (Phi) is 12.1. The van der Waals surface area contributed by atoms with Crippen molar-refractivity contribution < 1.29 is 4.43 Å². The molecule has 0 N–H and O–H groups in total. The van der Waals surface area contributed by atoms with Gasteiger partial charge in [-0.1, -0.05) is 91.3 Å². The minimum absolute atomic E-state index is 0.545. The van der Waals surface area contributed by atoms with Crippen LogP contribution in [0.2, 0.25) is 32.7 Å². The molecule has 0 bridgehead atoms. The molecule has 0 fully saturated rings. The standard InChI is InChI=1S/C19H44OSi2/c1-8-10-12-13-14-15-16-18-19(17-11-9-2)20-22(6,7)21(3,4)5/h19H,8-18H2,1-7H3. The van der Waals surface area contributed by atoms with Gasteiger partial charge in [-0.2, -0.15) is 0 Å². The molecular weight excluding hydrogens is 300 g/mol. The van der Waals surface area contributed by atoms with E-state index in [0.29, 0.717) is 6.10 Å². The monoisotopic (exact) mass is 344 g/mol. The fourth-order valence-corrected chi connectivity index (χ4v) is 5.60. The van der Waals surface area contributed by atoms with Crippen LogP contribution in [0.15, 0.2) is 0 Å². The summed E-state index contributed by atoms with van der Waals surface area (Å²) >= 11 is 0. The highest BCUT2D eigenvalue weighted by molar-refractivity contribution is 7.37. The van der Waals surface area contributed by atoms with E-state index < -0.39 is 15.4 Å². The minimum Gasteiger partial charge on any atom is -0.417 e. The van der Waals surface area contributed by atoms with Crippen molar-refractivity contribution in [1.82, 2.24) is 0 Å². The summed E-state index contributed by atoms with van der Waals surface area (Å²) in [6.45, 7) is 17.0. The van der Waals surface area contributed by atoms with Crippen LogP contribution in [0.5, 0.6) is 0 Å². The molecule has 0 heterocycles. The van der Waals surface area contributed by atoms with Crippen LogP contribution in [0.25, 0.3) is 0 Å². The Balaban J connectivity index is 4.13. The topological polar surface area (TPSA) is 9.23 Å². The van der Waals surface area contributed by atoms with E-state index in [1.807, 2.05) is 0 Å². The number of unbranched alkanes of at least 4 members (excludes halogenated alkanes) is 7. The maximum atomic E-state index is 6.75. The fourth-order valence-electron chi connectivity index (χ4n) is 2.62. The van der Waals surface area contributed by atoms with Gasteiger partial charge in [0.25, 0.3) is 0 Å². The van der Waals surface area contributed by atoms with Crippen molar-refractivity contribution in [3.8, 4) is 0 Å². The molecule has 1 unspecified atom stereocenters. The fraction of sp³-hybridized carbons (Fsp3) is 1.00. The first-order valence-corrected chi connectivity index (χ1v) is 17.3. The van der Waals surface area contributed by atoms with Gasteiger partial charge in [0.2, 0.25) is 0 Å². The quantitative estimate of drug-likeness (QED) is 0.237. The molecule has 1 atom stereocenters. The number of hydrogen-bond acceptors (Lipinski definition) is 1. The summed E-state index contributed by atoms with van der Waals surface area (Å²) in [5, 5.41) is 0. The second kappa shape index (κ2) is 11.9. The summed E-state index contributed by atoms with van der Waals surface area (Å²) in [7, 11) is -2.60. The van der Waals surface area contributed by atoms with Gasteiger partial charge in [0, 0.05) is 6.10 Å². The molecule has 0 aliphatic carbocycles. The molecule has 0 rings (SSSR count). The van der Waals surface area contributed by atoms with Crippen LogP contribution in [0.1, 0.15) is 84.5 Å². The van der Waals surface area contributed by atoms with Crippen LogP contribution in [-0.4, -0.2) is 21.5 Å². The molecule has 0 aromatic carbocycles. The van der Waals surface area contributed by atoms with Crippen LogP contribution in [0.3, 0.4) is 0 Å². The van der Waals surface area contributed by atoms with Gasteiger partial charge in [0.1, 0.15) is 0 Å². The lowest BCUT2D eigenvalue weighted by Gasteiger charge is -2.38. The lowest BCUT2D eigenvalue weighted by molar-refractivity contribution is 0.170. The van der Waals surface area contributed by atoms with Gasteiger partial charge in [0.15, 0.2) is 7.83 Å². The molecule has 0 aromatic heterocycles. The van der Waals surface area contributed by atoms with Crippen LogP contribution in [0, 0.1) is 0 Å². The largest absolute Gasteiger partial charge is 0.417 e. The van der Waals surface area contributed by atoms with Crippen molar-refractivity contribution in [2.45, 2.75) is 123 Å². The third-order valence-electron chi connectivity index (χ3n) is 5.28. The van der Waals surface area contributed by atoms with E-state index >= 15 is 0 Å². The van der Waals surface area contributed by atoms with Gasteiger partial charge >= 0.3 is 0 Å². The van der Waals surface area contributed by atoms with Crippen molar-refractivity contribution in [2.24, 2.45) is 0 Å². The van der Waals surface area contributed by atoms with Gasteiger partial charge in [-0.25, -0.2) is 0 Å². The number of rotatable bonds is 14. The second-order valence-corrected chi connectivity index (χ2v) is 24.4. The highest BCUT2D eigenvalue weighted by Gasteiger charge is 2.40. The van der Waals surface area contributed by atoms with Crippen LogP contribution in [0.4, 0.5) is 0 Å². The molecular formula is C19H44OSi2. The van der Waals surface area contributed by atoms with Crippen molar-refractivity contribution >= 4 is 15.4 Å². The molecule has 0 spiro atoms. The van der Waals surface area contributed by atoms with Crippen LogP contribution < -0.4 is 0 Å². The van der Waals surface area contributed by atoms with E-state index in [0.717, 1.165) is 0 Å². The first-order valence-electron chi connectivity index (χ1n) is 9.92. The molecule has 134 valence electrons. The lowest BCUT2D eigenvalue weighted by Crippen LogP contribution is -2.56. The Hall–Kier alpha value is 0.394. The third-order valence-corrected chi connectivity index (χ3v) is 21.0. The zero-order valence-corrected chi connectivity index (χ0v) is 18.8. The smallest absolute Gasteiger partial charge is 0.173 e. The summed E-state index contributed by atoms with van der Waals surface area (Å²) in [5.41, 5.74) is 0. The Labute approximate surface area is 143 Å². The van der Waals surface area contributed by atoms with Gasteiger partial charge in [0.05, 0.1) is 7.59 Å². The third kappa shape index (κ3) is 10.2. The number of hydrogen-bond donors (Lipinski definition) is 0. The summed E-state index contributed by atoms with van der Waals surface area (Å²) in [5.74, 6) is 0. The minimum atomic E-state index is -1.47. The van der Waals surface area contributed by atoms with E-state index in [9.17, 15) is 0 Å². The van der Waals surface area contributed by atoms with Crippen molar-refractivity contribution in [3.05, 3.63) is 0 Å². The average molecular weight is 345 g/mol. The van der Waals surface area contributed by atoms with Crippen LogP contribution >= 0.6 is 0 Å². The lowest BCUT2D eigenvalue weighted by atomic mass is 10.0. The molecule has 0 radical (unpaired) electrons. The second-order valence-electron chi connectivity index (χ2n) is 8.55. The maximum Gasteiger partial charge on any atom is 0.173 e. The molecule has 3 heteroatoms. The molecule has 1 nitrogen and oxygen atoms in total. The van der Waals surface area contributed by atoms with E-state index in [-0.39, 0.29) is 0 Å². The summed E-state index contributed by atoms with van der Waals surface area (Å²) in [4.78, 5) is 0. The molecule has 22 heavy (non-hydrogen) atoms. The maximum absolute atomic E-state index is 6.75. The molecule has 0 aliphatic heterocycles. The first-order chi connectivity index (χ1) is 10.2. The van der Waals surface area contributed by atoms with Gasteiger partial charge in [-0.15, -0.1) is 0 Å². The molecule has 0 aliphatic rings. The zero-order chi connectivity index (χ0) is 17.1. The SMILES string of the molecule is CCCCCCCCCC(CCCC)O[Si](C)(C)[Si](C)(C)C. The first kappa shape index (κ1) is 22.4. The molecule has 0 amide bonds. The normalized spacial score (nSPS) is 14.3. The summed E-state index contributed by atoms with van der Waals surface area (Å²) in [6, 6.07) is 0. The summed E-state index contributed by atoms with van der Waals surface area (Å²) < 4.78 is 6.75. The van der Waals surface area contributed by atoms with E-state index in [2.05, 4.69) is 46.6 Å². The van der Waals surface area contributed by atoms with Crippen LogP contribution in [-0.2, 0) is 4.43 Å². The predicted molar refractivity (Wildman–Crippen MR) is 108 cm³/mol. The Bertz CT molecular complexity index is 259. The van der Waals surface area contributed by atoms with E-state index in [1.165, 1.54) is 70.6 Å².